The number of hydrazine groups is 1. The molecule has 0 atom stereocenters. The van der Waals surface area contributed by atoms with E-state index in [-0.39, 0.29) is 16.2 Å². The summed E-state index contributed by atoms with van der Waals surface area (Å²) in [5.41, 5.74) is 5.57. The van der Waals surface area contributed by atoms with E-state index in [4.69, 9.17) is 0 Å². The number of rotatable bonds is 4. The number of sulfonamides is 1. The van der Waals surface area contributed by atoms with Crippen LogP contribution in [-0.2, 0) is 10.0 Å². The van der Waals surface area contributed by atoms with E-state index in [0.29, 0.717) is 24.0 Å². The Morgan fingerprint density at radius 2 is 1.69 bits per heavy atom. The Kier molecular flexibility index (Phi) is 5.03. The molecule has 4 rings (SSSR count). The molecular formula is C19H19N5O4S. The minimum absolute atomic E-state index is 0.0525. The molecule has 2 amide bonds. The lowest BCUT2D eigenvalue weighted by Gasteiger charge is -2.16. The second kappa shape index (κ2) is 7.64. The maximum Gasteiger partial charge on any atom is 0.290 e. The van der Waals surface area contributed by atoms with Gasteiger partial charge < -0.3 is 0 Å². The number of benzene rings is 2. The minimum Gasteiger partial charge on any atom is -0.277 e. The first-order valence-corrected chi connectivity index (χ1v) is 10.5. The van der Waals surface area contributed by atoms with Crippen LogP contribution in [0.25, 0.3) is 10.9 Å². The van der Waals surface area contributed by atoms with Crippen LogP contribution in [0.15, 0.2) is 53.4 Å². The van der Waals surface area contributed by atoms with Gasteiger partial charge in [-0.05, 0) is 37.1 Å². The van der Waals surface area contributed by atoms with Crippen molar-refractivity contribution in [2.75, 3.05) is 13.1 Å². The zero-order valence-electron chi connectivity index (χ0n) is 15.4. The molecule has 1 aromatic heterocycles. The molecule has 3 N–H and O–H groups in total. The standard InChI is InChI=1S/C19H19N5O4S/c25-18(22-23-19(26)17-15-8-1-2-9-16(15)20-21-17)13-6-5-7-14(12-13)29(27,28)24-10-3-4-11-24/h1-2,5-9,12H,3-4,10-11H2,(H,20,21)(H,22,25)(H,23,26). The molecule has 0 bridgehead atoms. The number of para-hydroxylation sites is 1. The molecule has 29 heavy (non-hydrogen) atoms. The third kappa shape index (κ3) is 3.71. The quantitative estimate of drug-likeness (QED) is 0.558. The largest absolute Gasteiger partial charge is 0.290 e. The molecule has 9 nitrogen and oxygen atoms in total. The molecule has 0 spiro atoms. The van der Waals surface area contributed by atoms with E-state index in [9.17, 15) is 18.0 Å². The second-order valence-corrected chi connectivity index (χ2v) is 8.60. The minimum atomic E-state index is -3.63. The predicted octanol–water partition coefficient (Wildman–Crippen LogP) is 1.42. The van der Waals surface area contributed by atoms with Crippen molar-refractivity contribution < 1.29 is 18.0 Å². The summed E-state index contributed by atoms with van der Waals surface area (Å²) in [5, 5.41) is 7.33. The highest BCUT2D eigenvalue weighted by Gasteiger charge is 2.27. The number of nitrogens with zero attached hydrogens (tertiary/aromatic N) is 2. The number of hydrogen-bond donors (Lipinski definition) is 3. The van der Waals surface area contributed by atoms with Crippen LogP contribution in [0, 0.1) is 0 Å². The lowest BCUT2D eigenvalue weighted by atomic mass is 10.2. The van der Waals surface area contributed by atoms with Gasteiger partial charge >= 0.3 is 0 Å². The highest BCUT2D eigenvalue weighted by Crippen LogP contribution is 2.21. The number of fused-ring (bicyclic) bond motifs is 1. The van der Waals surface area contributed by atoms with E-state index < -0.39 is 21.8 Å². The maximum atomic E-state index is 12.7. The summed E-state index contributed by atoms with van der Waals surface area (Å²) in [6.45, 7) is 0.957. The number of amides is 2. The SMILES string of the molecule is O=C(NNC(=O)c1n[nH]c2ccccc12)c1cccc(S(=O)(=O)N2CCCC2)c1. The van der Waals surface area contributed by atoms with Crippen molar-refractivity contribution in [3.63, 3.8) is 0 Å². The Morgan fingerprint density at radius 1 is 0.966 bits per heavy atom. The molecule has 150 valence electrons. The van der Waals surface area contributed by atoms with Gasteiger partial charge in [-0.25, -0.2) is 8.42 Å². The van der Waals surface area contributed by atoms with Crippen molar-refractivity contribution in [3.8, 4) is 0 Å². The average molecular weight is 413 g/mol. The Morgan fingerprint density at radius 3 is 2.48 bits per heavy atom. The van der Waals surface area contributed by atoms with Gasteiger partial charge in [0.1, 0.15) is 0 Å². The summed E-state index contributed by atoms with van der Waals surface area (Å²) in [5.74, 6) is -1.21. The Hall–Kier alpha value is -3.24. The molecule has 2 aromatic carbocycles. The van der Waals surface area contributed by atoms with E-state index >= 15 is 0 Å². The summed E-state index contributed by atoms with van der Waals surface area (Å²) < 4.78 is 26.7. The number of aromatic amines is 1. The number of carbonyl (C=O) groups is 2. The highest BCUT2D eigenvalue weighted by molar-refractivity contribution is 7.89. The highest BCUT2D eigenvalue weighted by atomic mass is 32.2. The molecule has 2 heterocycles. The summed E-state index contributed by atoms with van der Waals surface area (Å²) in [6, 6.07) is 12.9. The maximum absolute atomic E-state index is 12.7. The van der Waals surface area contributed by atoms with E-state index in [1.165, 1.54) is 28.6 Å². The van der Waals surface area contributed by atoms with Gasteiger partial charge in [-0.3, -0.25) is 25.5 Å². The molecule has 10 heteroatoms. The fraction of sp³-hybridized carbons (Fsp3) is 0.211. The Balaban J connectivity index is 1.47. The van der Waals surface area contributed by atoms with Gasteiger partial charge in [0.25, 0.3) is 11.8 Å². The van der Waals surface area contributed by atoms with Crippen LogP contribution < -0.4 is 10.9 Å². The number of H-pyrrole nitrogens is 1. The zero-order chi connectivity index (χ0) is 20.4. The second-order valence-electron chi connectivity index (χ2n) is 6.67. The van der Waals surface area contributed by atoms with Crippen LogP contribution in [0.5, 0.6) is 0 Å². The third-order valence-corrected chi connectivity index (χ3v) is 6.67. The van der Waals surface area contributed by atoms with Gasteiger partial charge in [0.15, 0.2) is 5.69 Å². The van der Waals surface area contributed by atoms with Crippen LogP contribution in [0.2, 0.25) is 0 Å². The molecule has 0 aliphatic carbocycles. The molecule has 1 fully saturated rings. The topological polar surface area (TPSA) is 124 Å². The zero-order valence-corrected chi connectivity index (χ0v) is 16.2. The molecule has 1 saturated heterocycles. The van der Waals surface area contributed by atoms with Crippen molar-refractivity contribution in [2.45, 2.75) is 17.7 Å². The monoisotopic (exact) mass is 413 g/mol. The fourth-order valence-electron chi connectivity index (χ4n) is 3.26. The van der Waals surface area contributed by atoms with Gasteiger partial charge in [-0.1, -0.05) is 24.3 Å². The Labute approximate surface area is 167 Å². The summed E-state index contributed by atoms with van der Waals surface area (Å²) in [6.07, 6.45) is 1.65. The third-order valence-electron chi connectivity index (χ3n) is 4.77. The Bertz CT molecular complexity index is 1180. The summed E-state index contributed by atoms with van der Waals surface area (Å²) >= 11 is 0. The summed E-state index contributed by atoms with van der Waals surface area (Å²) in [7, 11) is -3.63. The van der Waals surface area contributed by atoms with Gasteiger partial charge in [0, 0.05) is 24.0 Å². The normalized spacial score (nSPS) is 14.8. The summed E-state index contributed by atoms with van der Waals surface area (Å²) in [4.78, 5) is 24.8. The van der Waals surface area contributed by atoms with Gasteiger partial charge in [0.2, 0.25) is 10.0 Å². The van der Waals surface area contributed by atoms with Crippen LogP contribution >= 0.6 is 0 Å². The first-order valence-electron chi connectivity index (χ1n) is 9.11. The van der Waals surface area contributed by atoms with Gasteiger partial charge in [-0.15, -0.1) is 0 Å². The number of hydrogen-bond acceptors (Lipinski definition) is 5. The van der Waals surface area contributed by atoms with Crippen molar-refractivity contribution >= 4 is 32.7 Å². The van der Waals surface area contributed by atoms with E-state index in [2.05, 4.69) is 21.0 Å². The molecule has 0 unspecified atom stereocenters. The van der Waals surface area contributed by atoms with Crippen molar-refractivity contribution in [1.29, 1.82) is 0 Å². The fourth-order valence-corrected chi connectivity index (χ4v) is 4.82. The van der Waals surface area contributed by atoms with Crippen LogP contribution in [0.1, 0.15) is 33.7 Å². The number of aromatic nitrogens is 2. The van der Waals surface area contributed by atoms with Crippen molar-refractivity contribution in [3.05, 3.63) is 59.8 Å². The average Bonchev–Trinajstić information content (AvgIpc) is 3.42. The van der Waals surface area contributed by atoms with E-state index in [0.717, 1.165) is 12.8 Å². The van der Waals surface area contributed by atoms with Crippen LogP contribution in [0.3, 0.4) is 0 Å². The van der Waals surface area contributed by atoms with Crippen LogP contribution in [0.4, 0.5) is 0 Å². The molecule has 0 saturated carbocycles. The molecule has 3 aromatic rings. The predicted molar refractivity (Wildman–Crippen MR) is 105 cm³/mol. The lowest BCUT2D eigenvalue weighted by molar-refractivity contribution is 0.0844. The molecule has 1 aliphatic rings. The first-order chi connectivity index (χ1) is 14.0. The van der Waals surface area contributed by atoms with Crippen molar-refractivity contribution in [1.82, 2.24) is 25.4 Å². The van der Waals surface area contributed by atoms with Crippen LogP contribution in [-0.4, -0.2) is 47.8 Å². The van der Waals surface area contributed by atoms with Gasteiger partial charge in [0.05, 0.1) is 10.4 Å². The first kappa shape index (κ1) is 19.1. The number of nitrogens with one attached hydrogen (secondary N) is 3. The number of carbonyl (C=O) groups excluding carboxylic acids is 2. The molecule has 0 radical (unpaired) electrons. The van der Waals surface area contributed by atoms with E-state index in [1.807, 2.05) is 6.07 Å². The van der Waals surface area contributed by atoms with Gasteiger partial charge in [-0.2, -0.15) is 9.40 Å². The molecular weight excluding hydrogens is 394 g/mol. The van der Waals surface area contributed by atoms with E-state index in [1.54, 1.807) is 18.2 Å². The lowest BCUT2D eigenvalue weighted by Crippen LogP contribution is -2.42. The smallest absolute Gasteiger partial charge is 0.277 e. The van der Waals surface area contributed by atoms with Crippen molar-refractivity contribution in [2.24, 2.45) is 0 Å². The molecule has 1 aliphatic heterocycles.